The van der Waals surface area contributed by atoms with E-state index in [1.54, 1.807) is 13.8 Å². The second kappa shape index (κ2) is 8.00. The highest BCUT2D eigenvalue weighted by Gasteiger charge is 2.32. The van der Waals surface area contributed by atoms with Crippen molar-refractivity contribution in [3.05, 3.63) is 0 Å². The number of rotatable bonds is 9. The van der Waals surface area contributed by atoms with Crippen LogP contribution in [0.5, 0.6) is 0 Å². The van der Waals surface area contributed by atoms with Crippen molar-refractivity contribution in [2.75, 3.05) is 26.4 Å². The highest BCUT2D eigenvalue weighted by Crippen LogP contribution is 2.27. The number of aliphatic hydroxyl groups excluding tert-OH is 4. The fourth-order valence-corrected chi connectivity index (χ4v) is 1.77. The van der Waals surface area contributed by atoms with E-state index in [1.165, 1.54) is 0 Å². The second-order valence-electron chi connectivity index (χ2n) is 5.26. The summed E-state index contributed by atoms with van der Waals surface area (Å²) in [6.07, 6.45) is -0.948. The SMILES string of the molecule is CC(CC(O)COCCO)C(O)C(C)(C)CO. The van der Waals surface area contributed by atoms with Gasteiger partial charge < -0.3 is 25.2 Å². The molecule has 0 heterocycles. The van der Waals surface area contributed by atoms with E-state index < -0.39 is 17.6 Å². The van der Waals surface area contributed by atoms with Gasteiger partial charge in [0.05, 0.1) is 38.6 Å². The van der Waals surface area contributed by atoms with Gasteiger partial charge >= 0.3 is 0 Å². The third-order valence-corrected chi connectivity index (χ3v) is 2.94. The molecule has 0 aliphatic rings. The Bertz CT molecular complexity index is 195. The predicted molar refractivity (Wildman–Crippen MR) is 64.6 cm³/mol. The molecule has 0 saturated carbocycles. The van der Waals surface area contributed by atoms with E-state index >= 15 is 0 Å². The molecule has 0 spiro atoms. The molecule has 0 radical (unpaired) electrons. The molecule has 0 aliphatic carbocycles. The van der Waals surface area contributed by atoms with Crippen LogP contribution in [0.15, 0.2) is 0 Å². The normalized spacial score (nSPS) is 17.8. The summed E-state index contributed by atoms with van der Waals surface area (Å²) in [5, 5.41) is 37.3. The van der Waals surface area contributed by atoms with Crippen LogP contribution >= 0.6 is 0 Å². The van der Waals surface area contributed by atoms with Crippen LogP contribution in [0.3, 0.4) is 0 Å². The van der Waals surface area contributed by atoms with Crippen molar-refractivity contribution in [2.45, 2.75) is 39.4 Å². The number of hydrogen-bond acceptors (Lipinski definition) is 5. The summed E-state index contributed by atoms with van der Waals surface area (Å²) in [4.78, 5) is 0. The first-order valence-corrected chi connectivity index (χ1v) is 6.00. The van der Waals surface area contributed by atoms with Crippen molar-refractivity contribution < 1.29 is 25.2 Å². The zero-order valence-corrected chi connectivity index (χ0v) is 11.0. The molecule has 0 aromatic heterocycles. The van der Waals surface area contributed by atoms with E-state index in [1.807, 2.05) is 6.92 Å². The van der Waals surface area contributed by atoms with Gasteiger partial charge in [-0.3, -0.25) is 0 Å². The molecule has 17 heavy (non-hydrogen) atoms. The van der Waals surface area contributed by atoms with Crippen molar-refractivity contribution in [3.63, 3.8) is 0 Å². The predicted octanol–water partition coefficient (Wildman–Crippen LogP) is -0.238. The van der Waals surface area contributed by atoms with Crippen molar-refractivity contribution in [1.29, 1.82) is 0 Å². The molecular formula is C12H26O5. The van der Waals surface area contributed by atoms with E-state index in [9.17, 15) is 10.2 Å². The van der Waals surface area contributed by atoms with Gasteiger partial charge in [-0.05, 0) is 12.3 Å². The maximum Gasteiger partial charge on any atom is 0.0777 e. The Hall–Kier alpha value is -0.200. The molecule has 0 bridgehead atoms. The van der Waals surface area contributed by atoms with Crippen LogP contribution in [-0.2, 0) is 4.74 Å². The second-order valence-corrected chi connectivity index (χ2v) is 5.26. The molecule has 3 atom stereocenters. The van der Waals surface area contributed by atoms with Crippen LogP contribution in [-0.4, -0.2) is 59.1 Å². The van der Waals surface area contributed by atoms with Gasteiger partial charge in [-0.1, -0.05) is 20.8 Å². The zero-order valence-electron chi connectivity index (χ0n) is 11.0. The third kappa shape index (κ3) is 6.33. The van der Waals surface area contributed by atoms with Crippen LogP contribution < -0.4 is 0 Å². The van der Waals surface area contributed by atoms with Crippen molar-refractivity contribution in [1.82, 2.24) is 0 Å². The van der Waals surface area contributed by atoms with Gasteiger partial charge in [0.2, 0.25) is 0 Å². The van der Waals surface area contributed by atoms with Gasteiger partial charge in [-0.15, -0.1) is 0 Å². The molecule has 3 unspecified atom stereocenters. The van der Waals surface area contributed by atoms with Crippen LogP contribution in [0.2, 0.25) is 0 Å². The molecule has 4 N–H and O–H groups in total. The van der Waals surface area contributed by atoms with Crippen LogP contribution in [0.1, 0.15) is 27.2 Å². The Morgan fingerprint density at radius 3 is 2.24 bits per heavy atom. The molecule has 0 aromatic carbocycles. The molecule has 0 aromatic rings. The van der Waals surface area contributed by atoms with Crippen LogP contribution in [0.4, 0.5) is 0 Å². The van der Waals surface area contributed by atoms with Crippen LogP contribution in [0, 0.1) is 11.3 Å². The molecule has 0 aliphatic heterocycles. The minimum absolute atomic E-state index is 0.0670. The summed E-state index contributed by atoms with van der Waals surface area (Å²) in [6, 6.07) is 0. The fraction of sp³-hybridized carbons (Fsp3) is 1.00. The lowest BCUT2D eigenvalue weighted by molar-refractivity contribution is -0.0483. The number of aliphatic hydroxyl groups is 4. The van der Waals surface area contributed by atoms with Crippen molar-refractivity contribution in [3.8, 4) is 0 Å². The summed E-state index contributed by atoms with van der Waals surface area (Å²) < 4.78 is 5.01. The highest BCUT2D eigenvalue weighted by molar-refractivity contribution is 4.82. The average Bonchev–Trinajstić information content (AvgIpc) is 2.28. The Kier molecular flexibility index (Phi) is 7.91. The van der Waals surface area contributed by atoms with Gasteiger partial charge in [-0.25, -0.2) is 0 Å². The lowest BCUT2D eigenvalue weighted by atomic mass is 9.79. The van der Waals surface area contributed by atoms with Crippen molar-refractivity contribution >= 4 is 0 Å². The molecule has 5 nitrogen and oxygen atoms in total. The number of ether oxygens (including phenoxy) is 1. The zero-order chi connectivity index (χ0) is 13.5. The largest absolute Gasteiger partial charge is 0.396 e. The summed E-state index contributed by atoms with van der Waals surface area (Å²) in [5.41, 5.74) is -0.578. The van der Waals surface area contributed by atoms with Gasteiger partial charge in [-0.2, -0.15) is 0 Å². The summed E-state index contributed by atoms with van der Waals surface area (Å²) >= 11 is 0. The Morgan fingerprint density at radius 2 is 1.76 bits per heavy atom. The van der Waals surface area contributed by atoms with Gasteiger partial charge in [0.25, 0.3) is 0 Å². The molecule has 0 rings (SSSR count). The molecule has 104 valence electrons. The minimum Gasteiger partial charge on any atom is -0.396 e. The van der Waals surface area contributed by atoms with E-state index in [0.29, 0.717) is 6.42 Å². The van der Waals surface area contributed by atoms with Gasteiger partial charge in [0.1, 0.15) is 0 Å². The standard InChI is InChI=1S/C12H26O5/c1-9(11(16)12(2,3)8-14)6-10(15)7-17-5-4-13/h9-11,13-16H,4-8H2,1-3H3. The monoisotopic (exact) mass is 250 g/mol. The quantitative estimate of drug-likeness (QED) is 0.424. The average molecular weight is 250 g/mol. The van der Waals surface area contributed by atoms with Gasteiger partial charge in [0, 0.05) is 5.41 Å². The maximum atomic E-state index is 10.0. The molecule has 0 fully saturated rings. The van der Waals surface area contributed by atoms with Crippen LogP contribution in [0.25, 0.3) is 0 Å². The first kappa shape index (κ1) is 16.8. The minimum atomic E-state index is -0.681. The lowest BCUT2D eigenvalue weighted by Crippen LogP contribution is -2.39. The Labute approximate surface area is 103 Å². The first-order chi connectivity index (χ1) is 7.85. The summed E-state index contributed by atoms with van der Waals surface area (Å²) in [5.74, 6) is -0.134. The topological polar surface area (TPSA) is 90.2 Å². The van der Waals surface area contributed by atoms with E-state index in [2.05, 4.69) is 0 Å². The van der Waals surface area contributed by atoms with E-state index in [4.69, 9.17) is 14.9 Å². The summed E-state index contributed by atoms with van der Waals surface area (Å²) in [7, 11) is 0. The maximum absolute atomic E-state index is 10.0. The van der Waals surface area contributed by atoms with E-state index in [-0.39, 0.29) is 32.3 Å². The third-order valence-electron chi connectivity index (χ3n) is 2.94. The number of hydrogen-bond donors (Lipinski definition) is 4. The van der Waals surface area contributed by atoms with Gasteiger partial charge in [0.15, 0.2) is 0 Å². The highest BCUT2D eigenvalue weighted by atomic mass is 16.5. The molecular weight excluding hydrogens is 224 g/mol. The molecule has 0 amide bonds. The smallest absolute Gasteiger partial charge is 0.0777 e. The Morgan fingerprint density at radius 1 is 1.18 bits per heavy atom. The Balaban J connectivity index is 4.02. The lowest BCUT2D eigenvalue weighted by Gasteiger charge is -2.33. The fourth-order valence-electron chi connectivity index (χ4n) is 1.77. The summed E-state index contributed by atoms with van der Waals surface area (Å²) in [6.45, 7) is 5.58. The van der Waals surface area contributed by atoms with Crippen molar-refractivity contribution in [2.24, 2.45) is 11.3 Å². The van der Waals surface area contributed by atoms with E-state index in [0.717, 1.165) is 0 Å². The molecule has 0 saturated heterocycles. The molecule has 5 heteroatoms. The first-order valence-electron chi connectivity index (χ1n) is 6.00.